The van der Waals surface area contributed by atoms with Crippen molar-refractivity contribution in [1.29, 1.82) is 0 Å². The quantitative estimate of drug-likeness (QED) is 0.788. The maximum atomic E-state index is 12.2. The van der Waals surface area contributed by atoms with Gasteiger partial charge in [-0.2, -0.15) is 0 Å². The van der Waals surface area contributed by atoms with E-state index in [4.69, 9.17) is 11.6 Å². The first-order chi connectivity index (χ1) is 9.21. The highest BCUT2D eigenvalue weighted by Gasteiger charge is 2.15. The van der Waals surface area contributed by atoms with E-state index in [0.717, 1.165) is 11.0 Å². The third-order valence-corrected chi connectivity index (χ3v) is 3.40. The van der Waals surface area contributed by atoms with Crippen LogP contribution in [0.15, 0.2) is 18.5 Å². The lowest BCUT2D eigenvalue weighted by molar-refractivity contribution is -0.131. The highest BCUT2D eigenvalue weighted by Crippen LogP contribution is 2.16. The van der Waals surface area contributed by atoms with E-state index in [1.54, 1.807) is 17.3 Å². The monoisotopic (exact) mass is 280 g/mol. The van der Waals surface area contributed by atoms with E-state index in [1.807, 2.05) is 24.5 Å². The molecule has 19 heavy (non-hydrogen) atoms. The van der Waals surface area contributed by atoms with Crippen molar-refractivity contribution < 1.29 is 4.79 Å². The summed E-state index contributed by atoms with van der Waals surface area (Å²) in [4.78, 5) is 22.4. The molecule has 5 nitrogen and oxygen atoms in total. The summed E-state index contributed by atoms with van der Waals surface area (Å²) in [5.74, 6) is 1.05. The van der Waals surface area contributed by atoms with Crippen molar-refractivity contribution in [3.05, 3.63) is 24.3 Å². The van der Waals surface area contributed by atoms with Crippen molar-refractivity contribution in [2.45, 2.75) is 26.3 Å². The Morgan fingerprint density at radius 2 is 2.16 bits per heavy atom. The molecule has 0 radical (unpaired) electrons. The van der Waals surface area contributed by atoms with Crippen LogP contribution in [0, 0.1) is 0 Å². The van der Waals surface area contributed by atoms with Crippen LogP contribution in [0.2, 0.25) is 0 Å². The molecule has 0 saturated heterocycles. The van der Waals surface area contributed by atoms with Crippen LogP contribution < -0.4 is 0 Å². The Bertz CT molecular complexity index is 577. The van der Waals surface area contributed by atoms with Crippen molar-refractivity contribution in [1.82, 2.24) is 19.4 Å². The number of aromatic nitrogens is 3. The Morgan fingerprint density at radius 1 is 1.42 bits per heavy atom. The molecule has 2 rings (SSSR count). The van der Waals surface area contributed by atoms with E-state index in [-0.39, 0.29) is 18.3 Å². The van der Waals surface area contributed by atoms with Gasteiger partial charge in [-0.25, -0.2) is 4.98 Å². The molecular formula is C13H17ClN4O. The number of amides is 1. The van der Waals surface area contributed by atoms with Gasteiger partial charge < -0.3 is 9.47 Å². The molecule has 2 aromatic heterocycles. The van der Waals surface area contributed by atoms with Gasteiger partial charge in [0.25, 0.3) is 0 Å². The molecule has 0 N–H and O–H groups in total. The fourth-order valence-electron chi connectivity index (χ4n) is 2.12. The number of imidazole rings is 1. The van der Waals surface area contributed by atoms with E-state index >= 15 is 0 Å². The van der Waals surface area contributed by atoms with E-state index in [1.165, 1.54) is 0 Å². The molecule has 2 heterocycles. The van der Waals surface area contributed by atoms with Gasteiger partial charge in [-0.1, -0.05) is 0 Å². The van der Waals surface area contributed by atoms with Crippen LogP contribution >= 0.6 is 11.6 Å². The molecular weight excluding hydrogens is 264 g/mol. The van der Waals surface area contributed by atoms with Crippen LogP contribution in [-0.2, 0) is 17.2 Å². The van der Waals surface area contributed by atoms with Crippen molar-refractivity contribution in [3.63, 3.8) is 0 Å². The lowest BCUT2D eigenvalue weighted by Gasteiger charge is -2.19. The molecule has 0 saturated carbocycles. The van der Waals surface area contributed by atoms with Gasteiger partial charge in [-0.05, 0) is 19.9 Å². The van der Waals surface area contributed by atoms with Crippen LogP contribution in [0.5, 0.6) is 0 Å². The maximum Gasteiger partial charge on any atom is 0.242 e. The van der Waals surface area contributed by atoms with Crippen LogP contribution in [0.4, 0.5) is 0 Å². The van der Waals surface area contributed by atoms with Gasteiger partial charge in [0.15, 0.2) is 0 Å². The van der Waals surface area contributed by atoms with Gasteiger partial charge in [-0.3, -0.25) is 9.78 Å². The van der Waals surface area contributed by atoms with E-state index in [9.17, 15) is 4.79 Å². The fraction of sp³-hybridized carbons (Fsp3) is 0.462. The Morgan fingerprint density at radius 3 is 2.79 bits per heavy atom. The SMILES string of the molecule is CCN(CC)C(=O)Cn1c(CCl)nc2cnccc21. The molecule has 0 atom stereocenters. The number of carbonyl (C=O) groups is 1. The number of fused-ring (bicyclic) bond motifs is 1. The topological polar surface area (TPSA) is 51.0 Å². The lowest BCUT2D eigenvalue weighted by atomic mass is 10.4. The largest absolute Gasteiger partial charge is 0.342 e. The third-order valence-electron chi connectivity index (χ3n) is 3.16. The summed E-state index contributed by atoms with van der Waals surface area (Å²) in [6.07, 6.45) is 3.38. The van der Waals surface area contributed by atoms with E-state index in [2.05, 4.69) is 9.97 Å². The average molecular weight is 281 g/mol. The van der Waals surface area contributed by atoms with Gasteiger partial charge in [0.2, 0.25) is 5.91 Å². The molecule has 0 fully saturated rings. The second-order valence-electron chi connectivity index (χ2n) is 4.18. The predicted octanol–water partition coefficient (Wildman–Crippen LogP) is 2.04. The van der Waals surface area contributed by atoms with Crippen molar-refractivity contribution in [3.8, 4) is 0 Å². The number of pyridine rings is 1. The number of likely N-dealkylation sites (N-methyl/N-ethyl adjacent to an activating group) is 1. The zero-order valence-corrected chi connectivity index (χ0v) is 11.9. The zero-order chi connectivity index (χ0) is 13.8. The molecule has 0 spiro atoms. The van der Waals surface area contributed by atoms with Gasteiger partial charge in [0.1, 0.15) is 17.9 Å². The first-order valence-electron chi connectivity index (χ1n) is 6.34. The molecule has 0 aromatic carbocycles. The van der Waals surface area contributed by atoms with Gasteiger partial charge in [0.05, 0.1) is 17.6 Å². The van der Waals surface area contributed by atoms with Crippen LogP contribution in [0.25, 0.3) is 11.0 Å². The molecule has 0 aliphatic heterocycles. The highest BCUT2D eigenvalue weighted by molar-refractivity contribution is 6.16. The summed E-state index contributed by atoms with van der Waals surface area (Å²) < 4.78 is 1.87. The summed E-state index contributed by atoms with van der Waals surface area (Å²) in [5.41, 5.74) is 1.66. The summed E-state index contributed by atoms with van der Waals surface area (Å²) in [5, 5.41) is 0. The van der Waals surface area contributed by atoms with Crippen molar-refractivity contribution >= 4 is 28.5 Å². The number of halogens is 1. The van der Waals surface area contributed by atoms with Gasteiger partial charge >= 0.3 is 0 Å². The first kappa shape index (κ1) is 13.8. The standard InChI is InChI=1S/C13H17ClN4O/c1-3-17(4-2)13(19)9-18-11-5-6-15-8-10(11)16-12(18)7-14/h5-6,8H,3-4,7,9H2,1-2H3. The fourth-order valence-corrected chi connectivity index (χ4v) is 2.33. The Kier molecular flexibility index (Phi) is 4.37. The Hall–Kier alpha value is -1.62. The summed E-state index contributed by atoms with van der Waals surface area (Å²) in [6.45, 7) is 5.63. The smallest absolute Gasteiger partial charge is 0.242 e. The summed E-state index contributed by atoms with van der Waals surface area (Å²) in [6, 6.07) is 1.86. The second-order valence-corrected chi connectivity index (χ2v) is 4.45. The average Bonchev–Trinajstić information content (AvgIpc) is 2.78. The molecule has 0 bridgehead atoms. The zero-order valence-electron chi connectivity index (χ0n) is 11.1. The van der Waals surface area contributed by atoms with Crippen LogP contribution in [0.3, 0.4) is 0 Å². The summed E-state index contributed by atoms with van der Waals surface area (Å²) >= 11 is 5.91. The summed E-state index contributed by atoms with van der Waals surface area (Å²) in [7, 11) is 0. The highest BCUT2D eigenvalue weighted by atomic mass is 35.5. The molecule has 102 valence electrons. The number of carbonyl (C=O) groups excluding carboxylic acids is 1. The Labute approximate surface area is 117 Å². The molecule has 0 aliphatic rings. The minimum Gasteiger partial charge on any atom is -0.342 e. The van der Waals surface area contributed by atoms with E-state index < -0.39 is 0 Å². The number of rotatable bonds is 5. The molecule has 6 heteroatoms. The number of hydrogen-bond acceptors (Lipinski definition) is 3. The van der Waals surface area contributed by atoms with Crippen molar-refractivity contribution in [2.24, 2.45) is 0 Å². The third kappa shape index (κ3) is 2.71. The van der Waals surface area contributed by atoms with Gasteiger partial charge in [0, 0.05) is 19.3 Å². The lowest BCUT2D eigenvalue weighted by Crippen LogP contribution is -2.33. The molecule has 0 aliphatic carbocycles. The number of alkyl halides is 1. The minimum absolute atomic E-state index is 0.0764. The molecule has 1 amide bonds. The number of hydrogen-bond donors (Lipinski definition) is 0. The minimum atomic E-state index is 0.0764. The van der Waals surface area contributed by atoms with Crippen LogP contribution in [0.1, 0.15) is 19.7 Å². The second kappa shape index (κ2) is 6.02. The predicted molar refractivity (Wildman–Crippen MR) is 75.0 cm³/mol. The van der Waals surface area contributed by atoms with Gasteiger partial charge in [-0.15, -0.1) is 11.6 Å². The molecule has 0 unspecified atom stereocenters. The van der Waals surface area contributed by atoms with E-state index in [0.29, 0.717) is 18.9 Å². The maximum absolute atomic E-state index is 12.2. The van der Waals surface area contributed by atoms with Crippen molar-refractivity contribution in [2.75, 3.05) is 13.1 Å². The normalized spacial score (nSPS) is 10.9. The molecule has 2 aromatic rings. The van der Waals surface area contributed by atoms with Crippen LogP contribution in [-0.4, -0.2) is 38.4 Å². The first-order valence-corrected chi connectivity index (χ1v) is 6.87. The Balaban J connectivity index is 2.36. The number of nitrogens with zero attached hydrogens (tertiary/aromatic N) is 4.